The summed E-state index contributed by atoms with van der Waals surface area (Å²) in [5.41, 5.74) is 6.48. The minimum Gasteiger partial charge on any atom is -0.393 e. The van der Waals surface area contributed by atoms with E-state index in [9.17, 15) is 5.11 Å². The van der Waals surface area contributed by atoms with Crippen molar-refractivity contribution < 1.29 is 5.11 Å². The molecule has 0 aromatic heterocycles. The van der Waals surface area contributed by atoms with Crippen molar-refractivity contribution in [3.63, 3.8) is 0 Å². The normalized spacial score (nSPS) is 55.3. The highest BCUT2D eigenvalue weighted by Gasteiger charge is 2.49. The van der Waals surface area contributed by atoms with Crippen LogP contribution in [0.15, 0.2) is 0 Å². The van der Waals surface area contributed by atoms with Crippen molar-refractivity contribution >= 4 is 12.4 Å². The molecule has 0 radical (unpaired) electrons. The van der Waals surface area contributed by atoms with E-state index < -0.39 is 0 Å². The van der Waals surface area contributed by atoms with Crippen LogP contribution in [0.3, 0.4) is 0 Å². The zero-order chi connectivity index (χ0) is 9.05. The van der Waals surface area contributed by atoms with Gasteiger partial charge in [0.15, 0.2) is 0 Å². The molecule has 0 aliphatic heterocycles. The molecule has 14 heavy (non-hydrogen) atoms. The maximum atomic E-state index is 9.96. The van der Waals surface area contributed by atoms with E-state index >= 15 is 0 Å². The van der Waals surface area contributed by atoms with Gasteiger partial charge in [-0.2, -0.15) is 0 Å². The molecule has 4 aliphatic rings. The number of fused-ring (bicyclic) bond motifs is 1. The first kappa shape index (κ1) is 10.7. The third-order valence-corrected chi connectivity index (χ3v) is 4.48. The second kappa shape index (κ2) is 3.36. The Balaban J connectivity index is 0.000000750. The van der Waals surface area contributed by atoms with Crippen LogP contribution in [0.25, 0.3) is 0 Å². The van der Waals surface area contributed by atoms with Crippen LogP contribution in [-0.2, 0) is 0 Å². The second-order valence-corrected chi connectivity index (χ2v) is 5.74. The predicted molar refractivity (Wildman–Crippen MR) is 58.3 cm³/mol. The topological polar surface area (TPSA) is 46.2 Å². The molecule has 82 valence electrons. The van der Waals surface area contributed by atoms with Gasteiger partial charge >= 0.3 is 0 Å². The van der Waals surface area contributed by atoms with Crippen LogP contribution in [0.2, 0.25) is 0 Å². The average molecular weight is 218 g/mol. The van der Waals surface area contributed by atoms with Crippen molar-refractivity contribution in [3.05, 3.63) is 0 Å². The van der Waals surface area contributed by atoms with Crippen molar-refractivity contribution in [3.8, 4) is 0 Å². The summed E-state index contributed by atoms with van der Waals surface area (Å²) in [6.07, 6.45) is 7.06. The van der Waals surface area contributed by atoms with Crippen LogP contribution in [-0.4, -0.2) is 16.7 Å². The van der Waals surface area contributed by atoms with E-state index in [2.05, 4.69) is 0 Å². The fourth-order valence-corrected chi connectivity index (χ4v) is 4.26. The molecule has 0 heterocycles. The van der Waals surface area contributed by atoms with Gasteiger partial charge in [0.05, 0.1) is 6.10 Å². The van der Waals surface area contributed by atoms with Crippen LogP contribution in [0.5, 0.6) is 0 Å². The van der Waals surface area contributed by atoms with Crippen LogP contribution < -0.4 is 5.73 Å². The molecule has 2 nitrogen and oxygen atoms in total. The summed E-state index contributed by atoms with van der Waals surface area (Å²) in [4.78, 5) is 0. The SMILES string of the molecule is Cl.N[C@@]12C[C@@H]3C[C@@H](C[C@H](O)[C@@H](C3)C1)C2. The maximum Gasteiger partial charge on any atom is 0.0571 e. The predicted octanol–water partition coefficient (Wildman–Crippen LogP) is 1.70. The number of aliphatic hydroxyl groups excluding tert-OH is 1. The number of halogens is 1. The first-order valence-corrected chi connectivity index (χ1v) is 5.62. The van der Waals surface area contributed by atoms with E-state index in [1.54, 1.807) is 0 Å². The Hall–Kier alpha value is 0.210. The summed E-state index contributed by atoms with van der Waals surface area (Å²) in [5, 5.41) is 9.96. The van der Waals surface area contributed by atoms with E-state index in [4.69, 9.17) is 5.73 Å². The molecule has 4 bridgehead atoms. The monoisotopic (exact) mass is 217 g/mol. The van der Waals surface area contributed by atoms with Gasteiger partial charge in [0.25, 0.3) is 0 Å². The van der Waals surface area contributed by atoms with E-state index in [1.807, 2.05) is 0 Å². The largest absolute Gasteiger partial charge is 0.393 e. The van der Waals surface area contributed by atoms with Crippen molar-refractivity contribution in [2.75, 3.05) is 0 Å². The molecule has 0 spiro atoms. The van der Waals surface area contributed by atoms with Gasteiger partial charge in [-0.15, -0.1) is 12.4 Å². The molecule has 3 heteroatoms. The Morgan fingerprint density at radius 2 is 1.64 bits per heavy atom. The van der Waals surface area contributed by atoms with E-state index in [-0.39, 0.29) is 24.0 Å². The highest BCUT2D eigenvalue weighted by Crippen LogP contribution is 2.52. The molecule has 4 rings (SSSR count). The lowest BCUT2D eigenvalue weighted by Gasteiger charge is -2.46. The Kier molecular flexibility index (Phi) is 2.57. The Bertz CT molecular complexity index is 235. The molecule has 4 fully saturated rings. The van der Waals surface area contributed by atoms with Crippen molar-refractivity contribution in [1.82, 2.24) is 0 Å². The van der Waals surface area contributed by atoms with Gasteiger partial charge in [0.1, 0.15) is 0 Å². The first-order valence-electron chi connectivity index (χ1n) is 5.62. The fourth-order valence-electron chi connectivity index (χ4n) is 4.26. The third kappa shape index (κ3) is 1.58. The minimum atomic E-state index is -0.0410. The molecule has 5 atom stereocenters. The molecular weight excluding hydrogens is 198 g/mol. The summed E-state index contributed by atoms with van der Waals surface area (Å²) >= 11 is 0. The fraction of sp³-hybridized carbons (Fsp3) is 1.00. The van der Waals surface area contributed by atoms with Gasteiger partial charge in [0, 0.05) is 5.54 Å². The number of nitrogens with two attached hydrogens (primary N) is 1. The summed E-state index contributed by atoms with van der Waals surface area (Å²) in [5.74, 6) is 2.09. The van der Waals surface area contributed by atoms with Gasteiger partial charge in [0.2, 0.25) is 0 Å². The zero-order valence-corrected chi connectivity index (χ0v) is 9.30. The van der Waals surface area contributed by atoms with E-state index in [0.717, 1.165) is 24.7 Å². The Morgan fingerprint density at radius 3 is 2.29 bits per heavy atom. The minimum absolute atomic E-state index is 0. The van der Waals surface area contributed by atoms with Crippen molar-refractivity contribution in [1.29, 1.82) is 0 Å². The van der Waals surface area contributed by atoms with Crippen molar-refractivity contribution in [2.45, 2.75) is 50.2 Å². The maximum absolute atomic E-state index is 9.96. The first-order chi connectivity index (χ1) is 6.15. The lowest BCUT2D eigenvalue weighted by atomic mass is 9.63. The molecule has 4 aliphatic carbocycles. The molecule has 0 unspecified atom stereocenters. The summed E-state index contributed by atoms with van der Waals surface area (Å²) in [6, 6.07) is 0. The molecule has 0 amide bonds. The van der Waals surface area contributed by atoms with Crippen LogP contribution in [0.1, 0.15) is 38.5 Å². The second-order valence-electron chi connectivity index (χ2n) is 5.74. The lowest BCUT2D eigenvalue weighted by Crippen LogP contribution is -2.50. The van der Waals surface area contributed by atoms with Crippen LogP contribution in [0.4, 0.5) is 0 Å². The highest BCUT2D eigenvalue weighted by atomic mass is 35.5. The van der Waals surface area contributed by atoms with Crippen molar-refractivity contribution in [2.24, 2.45) is 23.5 Å². The van der Waals surface area contributed by atoms with Gasteiger partial charge in [-0.1, -0.05) is 0 Å². The Labute approximate surface area is 91.7 Å². The highest BCUT2D eigenvalue weighted by molar-refractivity contribution is 5.85. The van der Waals surface area contributed by atoms with Crippen LogP contribution in [0, 0.1) is 17.8 Å². The molecule has 0 aromatic carbocycles. The van der Waals surface area contributed by atoms with Gasteiger partial charge in [-0.25, -0.2) is 0 Å². The standard InChI is InChI=1S/C11H19NO.ClH/c12-11-4-7-1-8(5-11)3-10(13)9(2-7)6-11;/h7-10,13H,1-6,12H2;1H/t7-,8+,9+,10+,11-;/m1./s1. The average Bonchev–Trinajstić information content (AvgIpc) is 2.12. The lowest BCUT2D eigenvalue weighted by molar-refractivity contribution is 0.0575. The summed E-state index contributed by atoms with van der Waals surface area (Å²) in [6.45, 7) is 0. The van der Waals surface area contributed by atoms with Crippen LogP contribution >= 0.6 is 12.4 Å². The number of hydrogen-bond acceptors (Lipinski definition) is 2. The molecule has 3 N–H and O–H groups in total. The summed E-state index contributed by atoms with van der Waals surface area (Å²) in [7, 11) is 0. The summed E-state index contributed by atoms with van der Waals surface area (Å²) < 4.78 is 0. The van der Waals surface area contributed by atoms with Gasteiger partial charge < -0.3 is 10.8 Å². The number of hydrogen-bond donors (Lipinski definition) is 2. The van der Waals surface area contributed by atoms with E-state index in [0.29, 0.717) is 5.92 Å². The zero-order valence-electron chi connectivity index (χ0n) is 8.48. The molecule has 0 aromatic rings. The van der Waals surface area contributed by atoms with E-state index in [1.165, 1.54) is 25.7 Å². The number of rotatable bonds is 0. The third-order valence-electron chi connectivity index (χ3n) is 4.48. The van der Waals surface area contributed by atoms with Gasteiger partial charge in [-0.05, 0) is 56.3 Å². The molecule has 0 saturated heterocycles. The molecule has 4 saturated carbocycles. The smallest absolute Gasteiger partial charge is 0.0571 e. The Morgan fingerprint density at radius 1 is 1.00 bits per heavy atom. The molecular formula is C11H20ClNO. The number of aliphatic hydroxyl groups is 1. The quantitative estimate of drug-likeness (QED) is 0.649. The van der Waals surface area contributed by atoms with Gasteiger partial charge in [-0.3, -0.25) is 0 Å².